The van der Waals surface area contributed by atoms with Gasteiger partial charge in [0.15, 0.2) is 0 Å². The van der Waals surface area contributed by atoms with Gasteiger partial charge in [0.05, 0.1) is 6.26 Å². The number of hydrogen-bond acceptors (Lipinski definition) is 3. The van der Waals surface area contributed by atoms with Gasteiger partial charge in [-0.3, -0.25) is 0 Å². The third kappa shape index (κ3) is 7.20. The Balaban J connectivity index is 0.00000288. The van der Waals surface area contributed by atoms with Crippen molar-refractivity contribution >= 4 is 34.0 Å². The minimum Gasteiger partial charge on any atom is -0.313 e. The van der Waals surface area contributed by atoms with Crippen molar-refractivity contribution in [3.63, 3.8) is 0 Å². The first-order valence-corrected chi connectivity index (χ1v) is 9.72. The molecule has 7 heteroatoms. The molecule has 0 atom stereocenters. The number of sulfonamides is 1. The predicted octanol–water partition coefficient (Wildman–Crippen LogP) is 3.46. The molecule has 2 rings (SSSR count). The van der Waals surface area contributed by atoms with E-state index in [1.165, 1.54) is 0 Å². The van der Waals surface area contributed by atoms with Gasteiger partial charge in [-0.1, -0.05) is 54.1 Å². The highest BCUT2D eigenvalue weighted by Crippen LogP contribution is 2.28. The van der Waals surface area contributed by atoms with E-state index < -0.39 is 10.0 Å². The van der Waals surface area contributed by atoms with Crippen LogP contribution in [0, 0.1) is 0 Å². The smallest absolute Gasteiger partial charge is 0.208 e. The summed E-state index contributed by atoms with van der Waals surface area (Å²) in [5.74, 6) is 0. The van der Waals surface area contributed by atoms with Gasteiger partial charge >= 0.3 is 0 Å². The second-order valence-corrected chi connectivity index (χ2v) is 7.62. The van der Waals surface area contributed by atoms with E-state index in [0.29, 0.717) is 13.1 Å². The maximum absolute atomic E-state index is 10.9. The van der Waals surface area contributed by atoms with Crippen LogP contribution >= 0.6 is 24.0 Å². The molecule has 0 aliphatic carbocycles. The maximum atomic E-state index is 10.9. The first-order valence-electron chi connectivity index (χ1n) is 7.45. The Hall–Kier alpha value is -1.11. The zero-order chi connectivity index (χ0) is 16.7. The van der Waals surface area contributed by atoms with E-state index in [0.717, 1.165) is 40.9 Å². The van der Waals surface area contributed by atoms with E-state index in [1.54, 1.807) is 0 Å². The molecule has 0 bridgehead atoms. The fourth-order valence-electron chi connectivity index (χ4n) is 2.22. The van der Waals surface area contributed by atoms with Gasteiger partial charge in [0.1, 0.15) is 0 Å². The monoisotopic (exact) mass is 388 g/mol. The molecule has 132 valence electrons. The van der Waals surface area contributed by atoms with Crippen LogP contribution in [0.5, 0.6) is 0 Å². The zero-order valence-corrected chi connectivity index (χ0v) is 15.8. The van der Waals surface area contributed by atoms with Crippen LogP contribution in [-0.4, -0.2) is 27.8 Å². The molecule has 0 amide bonds. The van der Waals surface area contributed by atoms with Crippen molar-refractivity contribution in [3.05, 3.63) is 59.1 Å². The van der Waals surface area contributed by atoms with E-state index >= 15 is 0 Å². The van der Waals surface area contributed by atoms with Crippen molar-refractivity contribution in [1.82, 2.24) is 10.0 Å². The van der Waals surface area contributed by atoms with Crippen molar-refractivity contribution in [1.29, 1.82) is 0 Å². The summed E-state index contributed by atoms with van der Waals surface area (Å²) in [4.78, 5) is 0. The fraction of sp³-hybridized carbons (Fsp3) is 0.294. The van der Waals surface area contributed by atoms with Gasteiger partial charge in [-0.25, -0.2) is 13.1 Å². The minimum absolute atomic E-state index is 0. The molecule has 0 unspecified atom stereocenters. The normalized spacial score (nSPS) is 11.1. The van der Waals surface area contributed by atoms with Crippen LogP contribution in [0.4, 0.5) is 0 Å². The highest BCUT2D eigenvalue weighted by molar-refractivity contribution is 7.88. The average Bonchev–Trinajstić information content (AvgIpc) is 2.51. The van der Waals surface area contributed by atoms with E-state index in [2.05, 4.69) is 16.1 Å². The van der Waals surface area contributed by atoms with Crippen molar-refractivity contribution in [2.45, 2.75) is 13.0 Å². The topological polar surface area (TPSA) is 58.2 Å². The summed E-state index contributed by atoms with van der Waals surface area (Å²) in [6, 6.07) is 16.1. The van der Waals surface area contributed by atoms with Gasteiger partial charge in [0.2, 0.25) is 10.0 Å². The average molecular weight is 389 g/mol. The molecule has 2 N–H and O–H groups in total. The Morgan fingerprint density at radius 1 is 1.04 bits per heavy atom. The highest BCUT2D eigenvalue weighted by Gasteiger charge is 2.04. The van der Waals surface area contributed by atoms with Gasteiger partial charge in [0, 0.05) is 23.7 Å². The molecular weight excluding hydrogens is 367 g/mol. The van der Waals surface area contributed by atoms with Crippen LogP contribution in [0.3, 0.4) is 0 Å². The largest absolute Gasteiger partial charge is 0.313 e. The van der Waals surface area contributed by atoms with Gasteiger partial charge in [-0.05, 0) is 30.2 Å². The summed E-state index contributed by atoms with van der Waals surface area (Å²) in [5, 5.41) is 4.01. The molecule has 2 aromatic rings. The Bertz CT molecular complexity index is 738. The van der Waals surface area contributed by atoms with E-state index in [9.17, 15) is 8.42 Å². The first-order chi connectivity index (χ1) is 11.0. The van der Waals surface area contributed by atoms with Crippen LogP contribution < -0.4 is 10.0 Å². The van der Waals surface area contributed by atoms with E-state index in [-0.39, 0.29) is 12.4 Å². The summed E-state index contributed by atoms with van der Waals surface area (Å²) in [7, 11) is -3.10. The summed E-state index contributed by atoms with van der Waals surface area (Å²) in [6.45, 7) is 1.88. The van der Waals surface area contributed by atoms with E-state index in [1.807, 2.05) is 42.5 Å². The maximum Gasteiger partial charge on any atom is 0.208 e. The molecule has 0 aliphatic heterocycles. The standard InChI is InChI=1S/C17H21ClN2O2S.ClH/c1-23(21,22)20-11-5-10-19-13-14-8-9-16(17(18)12-14)15-6-3-2-4-7-15;/h2-4,6-9,12,19-20H,5,10-11,13H2,1H3;1H. The lowest BCUT2D eigenvalue weighted by Crippen LogP contribution is -2.26. The molecule has 0 fully saturated rings. The molecule has 4 nitrogen and oxygen atoms in total. The van der Waals surface area contributed by atoms with Crippen LogP contribution in [0.15, 0.2) is 48.5 Å². The Morgan fingerprint density at radius 3 is 2.38 bits per heavy atom. The molecule has 2 aromatic carbocycles. The molecule has 0 saturated heterocycles. The molecule has 24 heavy (non-hydrogen) atoms. The van der Waals surface area contributed by atoms with Crippen molar-refractivity contribution < 1.29 is 8.42 Å². The summed E-state index contributed by atoms with van der Waals surface area (Å²) in [5.41, 5.74) is 3.22. The second kappa shape index (κ2) is 10.0. The van der Waals surface area contributed by atoms with Crippen LogP contribution in [0.2, 0.25) is 5.02 Å². The van der Waals surface area contributed by atoms with Gasteiger partial charge in [-0.15, -0.1) is 12.4 Å². The molecule has 0 spiro atoms. The van der Waals surface area contributed by atoms with Crippen LogP contribution in [-0.2, 0) is 16.6 Å². The van der Waals surface area contributed by atoms with Crippen molar-refractivity contribution in [2.24, 2.45) is 0 Å². The number of hydrogen-bond donors (Lipinski definition) is 2. The zero-order valence-electron chi connectivity index (χ0n) is 13.5. The Kier molecular flexibility index (Phi) is 8.73. The molecule has 0 heterocycles. The molecule has 0 aliphatic rings. The molecular formula is C17H22Cl2N2O2S. The lowest BCUT2D eigenvalue weighted by molar-refractivity contribution is 0.579. The second-order valence-electron chi connectivity index (χ2n) is 5.38. The van der Waals surface area contributed by atoms with E-state index in [4.69, 9.17) is 11.6 Å². The van der Waals surface area contributed by atoms with Crippen molar-refractivity contribution in [2.75, 3.05) is 19.3 Å². The van der Waals surface area contributed by atoms with Crippen LogP contribution in [0.1, 0.15) is 12.0 Å². The lowest BCUT2D eigenvalue weighted by Gasteiger charge is -2.09. The third-order valence-corrected chi connectivity index (χ3v) is 4.38. The predicted molar refractivity (Wildman–Crippen MR) is 103 cm³/mol. The van der Waals surface area contributed by atoms with Gasteiger partial charge < -0.3 is 5.32 Å². The Morgan fingerprint density at radius 2 is 1.75 bits per heavy atom. The quantitative estimate of drug-likeness (QED) is 0.680. The fourth-order valence-corrected chi connectivity index (χ4v) is 3.05. The summed E-state index contributed by atoms with van der Waals surface area (Å²) < 4.78 is 24.3. The number of benzene rings is 2. The molecule has 0 saturated carbocycles. The van der Waals surface area contributed by atoms with Gasteiger partial charge in [-0.2, -0.15) is 0 Å². The molecule has 0 radical (unpaired) electrons. The minimum atomic E-state index is -3.10. The number of rotatable bonds is 8. The molecule has 0 aromatic heterocycles. The van der Waals surface area contributed by atoms with Gasteiger partial charge in [0.25, 0.3) is 0 Å². The highest BCUT2D eigenvalue weighted by atomic mass is 35.5. The first kappa shape index (κ1) is 20.9. The summed E-state index contributed by atoms with van der Waals surface area (Å²) in [6.07, 6.45) is 1.90. The Labute approximate surface area is 155 Å². The lowest BCUT2D eigenvalue weighted by atomic mass is 10.0. The number of halogens is 2. The summed E-state index contributed by atoms with van der Waals surface area (Å²) >= 11 is 6.37. The third-order valence-electron chi connectivity index (χ3n) is 3.34. The number of nitrogens with one attached hydrogen (secondary N) is 2. The van der Waals surface area contributed by atoms with Crippen molar-refractivity contribution in [3.8, 4) is 11.1 Å². The SMILES string of the molecule is CS(=O)(=O)NCCCNCc1ccc(-c2ccccc2)c(Cl)c1.Cl. The van der Waals surface area contributed by atoms with Crippen LogP contribution in [0.25, 0.3) is 11.1 Å².